The van der Waals surface area contributed by atoms with Crippen molar-refractivity contribution in [3.8, 4) is 45.7 Å². The minimum atomic E-state index is -0.401. The molecule has 0 unspecified atom stereocenters. The first-order chi connectivity index (χ1) is 18.0. The van der Waals surface area contributed by atoms with Crippen molar-refractivity contribution >= 4 is 10.9 Å². The molecule has 0 saturated heterocycles. The van der Waals surface area contributed by atoms with Crippen LogP contribution in [0.4, 0.5) is 0 Å². The summed E-state index contributed by atoms with van der Waals surface area (Å²) in [7, 11) is 3.08. The van der Waals surface area contributed by atoms with E-state index < -0.39 is 5.88 Å². The fraction of sp³-hybridized carbons (Fsp3) is 0.259. The Morgan fingerprint density at radius 1 is 0.892 bits per heavy atom. The van der Waals surface area contributed by atoms with E-state index in [9.17, 15) is 10.2 Å². The third-order valence-electron chi connectivity index (χ3n) is 6.22. The Morgan fingerprint density at radius 2 is 1.65 bits per heavy atom. The number of aryl methyl sites for hydroxylation is 1. The molecule has 0 aliphatic carbocycles. The number of nitrogens with one attached hydrogen (secondary N) is 1. The molecule has 0 spiro atoms. The summed E-state index contributed by atoms with van der Waals surface area (Å²) in [6.07, 6.45) is 2.50. The Morgan fingerprint density at radius 3 is 2.38 bits per heavy atom. The first-order valence-corrected chi connectivity index (χ1v) is 12.0. The monoisotopic (exact) mass is 501 g/mol. The van der Waals surface area contributed by atoms with Gasteiger partial charge in [0.25, 0.3) is 5.89 Å². The molecule has 0 amide bonds. The van der Waals surface area contributed by atoms with E-state index >= 15 is 0 Å². The minimum Gasteiger partial charge on any atom is -0.506 e. The van der Waals surface area contributed by atoms with Crippen LogP contribution < -0.4 is 9.47 Å². The van der Waals surface area contributed by atoms with Crippen molar-refractivity contribution < 1.29 is 24.1 Å². The highest BCUT2D eigenvalue weighted by atomic mass is 16.5. The number of unbranched alkanes of at least 4 members (excludes halogenated alkanes) is 1. The second kappa shape index (κ2) is 10.2. The van der Waals surface area contributed by atoms with Crippen LogP contribution in [0.5, 0.6) is 23.1 Å². The maximum atomic E-state index is 11.5. The molecule has 3 N–H and O–H groups in total. The number of hydrogen-bond donors (Lipinski definition) is 3. The summed E-state index contributed by atoms with van der Waals surface area (Å²) in [5.74, 6) is 0.542. The van der Waals surface area contributed by atoms with Crippen LogP contribution in [-0.4, -0.2) is 49.8 Å². The summed E-state index contributed by atoms with van der Waals surface area (Å²) in [6, 6.07) is 13.1. The maximum Gasteiger partial charge on any atom is 0.257 e. The molecule has 0 aliphatic rings. The molecule has 190 valence electrons. The first-order valence-electron chi connectivity index (χ1n) is 12.0. The van der Waals surface area contributed by atoms with Crippen LogP contribution in [-0.2, 0) is 12.8 Å². The van der Waals surface area contributed by atoms with E-state index in [4.69, 9.17) is 13.9 Å². The van der Waals surface area contributed by atoms with Gasteiger partial charge in [0.15, 0.2) is 0 Å². The minimum absolute atomic E-state index is 0.0607. The van der Waals surface area contributed by atoms with E-state index in [-0.39, 0.29) is 29.5 Å². The lowest BCUT2D eigenvalue weighted by Crippen LogP contribution is -2.01. The van der Waals surface area contributed by atoms with E-state index in [1.165, 1.54) is 0 Å². The molecule has 10 nitrogen and oxygen atoms in total. The molecular weight excluding hydrogens is 474 g/mol. The molecule has 5 aromatic rings. The second-order valence-corrected chi connectivity index (χ2v) is 8.52. The number of fused-ring (bicyclic) bond motifs is 1. The fourth-order valence-corrected chi connectivity index (χ4v) is 4.41. The summed E-state index contributed by atoms with van der Waals surface area (Å²) >= 11 is 0. The van der Waals surface area contributed by atoms with Crippen molar-refractivity contribution in [1.29, 1.82) is 0 Å². The van der Waals surface area contributed by atoms with Gasteiger partial charge in [0.1, 0.15) is 22.8 Å². The number of H-pyrrole nitrogens is 1. The van der Waals surface area contributed by atoms with Crippen molar-refractivity contribution in [2.75, 3.05) is 14.2 Å². The first kappa shape index (κ1) is 24.1. The average Bonchev–Trinajstić information content (AvgIpc) is 3.54. The van der Waals surface area contributed by atoms with Crippen LogP contribution in [0.2, 0.25) is 0 Å². The van der Waals surface area contributed by atoms with Gasteiger partial charge < -0.3 is 24.1 Å². The van der Waals surface area contributed by atoms with Crippen molar-refractivity contribution in [1.82, 2.24) is 25.4 Å². The van der Waals surface area contributed by atoms with Gasteiger partial charge in [-0.3, -0.25) is 5.10 Å². The zero-order valence-electron chi connectivity index (χ0n) is 20.8. The van der Waals surface area contributed by atoms with Gasteiger partial charge in [0, 0.05) is 5.39 Å². The quantitative estimate of drug-likeness (QED) is 0.253. The zero-order valence-corrected chi connectivity index (χ0v) is 20.8. The molecular formula is C27H27N5O5. The summed E-state index contributed by atoms with van der Waals surface area (Å²) in [5.41, 5.74) is 2.99. The Labute approximate surface area is 212 Å². The smallest absolute Gasteiger partial charge is 0.257 e. The number of methoxy groups -OCH3 is 2. The number of hydrogen-bond acceptors (Lipinski definition) is 9. The number of aromatic nitrogens is 5. The van der Waals surface area contributed by atoms with Crippen LogP contribution in [0.15, 0.2) is 46.9 Å². The lowest BCUT2D eigenvalue weighted by molar-refractivity contribution is 0.395. The topological polar surface area (TPSA) is 139 Å². The number of aromatic amines is 1. The number of para-hydroxylation sites is 1. The predicted molar refractivity (Wildman–Crippen MR) is 137 cm³/mol. The molecule has 3 aromatic heterocycles. The van der Waals surface area contributed by atoms with E-state index in [1.807, 2.05) is 24.3 Å². The van der Waals surface area contributed by atoms with Crippen LogP contribution >= 0.6 is 0 Å². The lowest BCUT2D eigenvalue weighted by Gasteiger charge is -2.18. The zero-order chi connectivity index (χ0) is 25.9. The standard InChI is InChI=1S/C27H27N5O5/c1-4-5-10-17-22(23-19(35-2)12-8-13-20(23)36-3)25(33)24(26(34)28-17)27-32-31-21(37-27)14-18-15-9-6-7-11-16(15)29-30-18/h6-9,11-13H,4-5,10,14H2,1-3H3,(H,29,30)(H2,28,33,34). The molecule has 5 rings (SSSR count). The van der Waals surface area contributed by atoms with Gasteiger partial charge in [-0.2, -0.15) is 5.10 Å². The van der Waals surface area contributed by atoms with E-state index in [0.717, 1.165) is 29.4 Å². The molecule has 0 atom stereocenters. The highest BCUT2D eigenvalue weighted by Gasteiger charge is 2.29. The van der Waals surface area contributed by atoms with Gasteiger partial charge in [-0.1, -0.05) is 37.6 Å². The van der Waals surface area contributed by atoms with Gasteiger partial charge in [-0.05, 0) is 31.0 Å². The van der Waals surface area contributed by atoms with E-state index in [0.29, 0.717) is 34.7 Å². The average molecular weight is 502 g/mol. The Balaban J connectivity index is 1.62. The Bertz CT molecular complexity index is 1540. The maximum absolute atomic E-state index is 11.5. The van der Waals surface area contributed by atoms with Gasteiger partial charge in [0.2, 0.25) is 11.8 Å². The molecule has 0 saturated carbocycles. The predicted octanol–water partition coefficient (Wildman–Crippen LogP) is 5.04. The fourth-order valence-electron chi connectivity index (χ4n) is 4.41. The normalized spacial score (nSPS) is 11.2. The van der Waals surface area contributed by atoms with Crippen molar-refractivity contribution in [2.24, 2.45) is 0 Å². The third kappa shape index (κ3) is 4.42. The number of rotatable bonds is 9. The van der Waals surface area contributed by atoms with Gasteiger partial charge in [-0.25, -0.2) is 4.98 Å². The van der Waals surface area contributed by atoms with Gasteiger partial charge >= 0.3 is 0 Å². The summed E-state index contributed by atoms with van der Waals surface area (Å²) in [6.45, 7) is 2.06. The molecule has 0 bridgehead atoms. The van der Waals surface area contributed by atoms with Crippen molar-refractivity contribution in [3.63, 3.8) is 0 Å². The highest BCUT2D eigenvalue weighted by Crippen LogP contribution is 2.49. The molecule has 0 fully saturated rings. The number of pyridine rings is 1. The number of aromatic hydroxyl groups is 2. The molecule has 0 radical (unpaired) electrons. The SMILES string of the molecule is CCCCc1nc(O)c(-c2nnc(Cc3n[nH]c4ccccc34)o2)c(O)c1-c1c(OC)cccc1OC. The van der Waals surface area contributed by atoms with E-state index in [2.05, 4.69) is 32.3 Å². The summed E-state index contributed by atoms with van der Waals surface area (Å²) in [4.78, 5) is 4.44. The third-order valence-corrected chi connectivity index (χ3v) is 6.22. The van der Waals surface area contributed by atoms with E-state index in [1.54, 1.807) is 32.4 Å². The van der Waals surface area contributed by atoms with Crippen molar-refractivity contribution in [3.05, 3.63) is 59.7 Å². The number of benzene rings is 2. The number of nitrogens with zero attached hydrogens (tertiary/aromatic N) is 4. The summed E-state index contributed by atoms with van der Waals surface area (Å²) < 4.78 is 17.1. The molecule has 10 heteroatoms. The molecule has 2 aromatic carbocycles. The lowest BCUT2D eigenvalue weighted by atomic mass is 9.95. The van der Waals surface area contributed by atoms with Crippen LogP contribution in [0.25, 0.3) is 33.5 Å². The molecule has 3 heterocycles. The van der Waals surface area contributed by atoms with Gasteiger partial charge in [0.05, 0.1) is 48.7 Å². The second-order valence-electron chi connectivity index (χ2n) is 8.52. The van der Waals surface area contributed by atoms with Crippen molar-refractivity contribution in [2.45, 2.75) is 32.6 Å². The van der Waals surface area contributed by atoms with Crippen LogP contribution in [0.1, 0.15) is 37.0 Å². The summed E-state index contributed by atoms with van der Waals surface area (Å²) in [5, 5.41) is 38.9. The number of ether oxygens (including phenoxy) is 2. The Hall–Kier alpha value is -4.60. The Kier molecular flexibility index (Phi) is 6.63. The highest BCUT2D eigenvalue weighted by molar-refractivity contribution is 5.88. The molecule has 37 heavy (non-hydrogen) atoms. The van der Waals surface area contributed by atoms with Gasteiger partial charge in [-0.15, -0.1) is 10.2 Å². The molecule has 0 aliphatic heterocycles. The largest absolute Gasteiger partial charge is 0.506 e. The van der Waals surface area contributed by atoms with Crippen LogP contribution in [0.3, 0.4) is 0 Å². The van der Waals surface area contributed by atoms with Crippen LogP contribution in [0, 0.1) is 0 Å².